The largest absolute Gasteiger partial charge is 0.387 e. The maximum absolute atomic E-state index is 11.1. The first-order valence-corrected chi connectivity index (χ1v) is 7.31. The van der Waals surface area contributed by atoms with Gasteiger partial charge in [-0.3, -0.25) is 0 Å². The third-order valence-electron chi connectivity index (χ3n) is 5.02. The molecule has 2 aliphatic carbocycles. The van der Waals surface area contributed by atoms with Gasteiger partial charge in [-0.1, -0.05) is 26.7 Å². The van der Waals surface area contributed by atoms with Crippen LogP contribution in [0.5, 0.6) is 0 Å². The Kier molecular flexibility index (Phi) is 4.14. The van der Waals surface area contributed by atoms with E-state index in [-0.39, 0.29) is 6.10 Å². The average Bonchev–Trinajstić information content (AvgIpc) is 2.28. The summed E-state index contributed by atoms with van der Waals surface area (Å²) in [6.45, 7) is 4.66. The van der Waals surface area contributed by atoms with E-state index in [1.165, 1.54) is 25.7 Å². The second-order valence-corrected chi connectivity index (χ2v) is 6.58. The summed E-state index contributed by atoms with van der Waals surface area (Å²) >= 11 is 0. The monoisotopic (exact) mass is 240 g/mol. The highest BCUT2D eigenvalue weighted by molar-refractivity contribution is 4.98. The van der Waals surface area contributed by atoms with Crippen LogP contribution < -0.4 is 0 Å². The van der Waals surface area contributed by atoms with Crippen LogP contribution in [-0.2, 0) is 4.74 Å². The topological polar surface area (TPSA) is 29.5 Å². The molecular weight excluding hydrogens is 212 g/mol. The van der Waals surface area contributed by atoms with Crippen molar-refractivity contribution in [3.63, 3.8) is 0 Å². The van der Waals surface area contributed by atoms with Crippen molar-refractivity contribution >= 4 is 0 Å². The van der Waals surface area contributed by atoms with Gasteiger partial charge in [-0.2, -0.15) is 0 Å². The lowest BCUT2D eigenvalue weighted by Crippen LogP contribution is -2.53. The zero-order valence-corrected chi connectivity index (χ0v) is 11.6. The number of ether oxygens (including phenoxy) is 1. The van der Waals surface area contributed by atoms with Gasteiger partial charge in [-0.05, 0) is 49.9 Å². The normalized spacial score (nSPS) is 48.0. The van der Waals surface area contributed by atoms with Crippen LogP contribution in [0, 0.1) is 17.8 Å². The highest BCUT2D eigenvalue weighted by Gasteiger charge is 2.47. The summed E-state index contributed by atoms with van der Waals surface area (Å²) in [7, 11) is 1.76. The molecule has 0 spiro atoms. The second-order valence-electron chi connectivity index (χ2n) is 6.58. The maximum atomic E-state index is 11.1. The van der Waals surface area contributed by atoms with Gasteiger partial charge in [0.05, 0.1) is 11.7 Å². The van der Waals surface area contributed by atoms with E-state index in [2.05, 4.69) is 13.8 Å². The molecule has 4 unspecified atom stereocenters. The summed E-state index contributed by atoms with van der Waals surface area (Å²) in [6, 6.07) is 0. The molecule has 1 N–H and O–H groups in total. The molecule has 0 aliphatic heterocycles. The lowest BCUT2D eigenvalue weighted by Gasteiger charge is -2.48. The molecule has 2 aliphatic rings. The fraction of sp³-hybridized carbons (Fsp3) is 1.00. The van der Waals surface area contributed by atoms with E-state index >= 15 is 0 Å². The van der Waals surface area contributed by atoms with Crippen LogP contribution in [0.4, 0.5) is 0 Å². The van der Waals surface area contributed by atoms with E-state index < -0.39 is 5.60 Å². The van der Waals surface area contributed by atoms with Gasteiger partial charge in [0.15, 0.2) is 0 Å². The summed E-state index contributed by atoms with van der Waals surface area (Å²) in [5.41, 5.74) is -0.546. The van der Waals surface area contributed by atoms with Crippen LogP contribution >= 0.6 is 0 Å². The summed E-state index contributed by atoms with van der Waals surface area (Å²) in [6.07, 6.45) is 8.10. The highest BCUT2D eigenvalue weighted by atomic mass is 16.5. The molecule has 0 saturated heterocycles. The number of methoxy groups -OCH3 is 1. The Balaban J connectivity index is 2.11. The minimum atomic E-state index is -0.546. The molecule has 0 aromatic heterocycles. The molecule has 0 aromatic carbocycles. The quantitative estimate of drug-likeness (QED) is 0.802. The minimum absolute atomic E-state index is 0.0683. The Labute approximate surface area is 106 Å². The lowest BCUT2D eigenvalue weighted by molar-refractivity contribution is -0.161. The third kappa shape index (κ3) is 2.68. The first-order valence-electron chi connectivity index (χ1n) is 7.31. The molecular formula is C15H28O2. The van der Waals surface area contributed by atoms with Crippen molar-refractivity contribution in [3.8, 4) is 0 Å². The Morgan fingerprint density at radius 3 is 2.29 bits per heavy atom. The van der Waals surface area contributed by atoms with E-state index in [1.807, 2.05) is 0 Å². The molecule has 0 heterocycles. The van der Waals surface area contributed by atoms with Gasteiger partial charge in [0.2, 0.25) is 0 Å². The van der Waals surface area contributed by atoms with Crippen LogP contribution in [0.1, 0.15) is 58.8 Å². The van der Waals surface area contributed by atoms with Gasteiger partial charge in [-0.25, -0.2) is 0 Å². The Hall–Kier alpha value is -0.0800. The Morgan fingerprint density at radius 2 is 1.71 bits per heavy atom. The van der Waals surface area contributed by atoms with Crippen molar-refractivity contribution in [1.82, 2.24) is 0 Å². The molecule has 2 fully saturated rings. The van der Waals surface area contributed by atoms with E-state index in [0.717, 1.165) is 31.1 Å². The number of hydrogen-bond acceptors (Lipinski definition) is 2. The molecule has 0 aromatic rings. The minimum Gasteiger partial charge on any atom is -0.387 e. The molecule has 0 bridgehead atoms. The summed E-state index contributed by atoms with van der Waals surface area (Å²) in [5.74, 6) is 1.96. The first kappa shape index (κ1) is 13.4. The molecule has 2 heteroatoms. The third-order valence-corrected chi connectivity index (χ3v) is 5.02. The van der Waals surface area contributed by atoms with Crippen molar-refractivity contribution in [2.24, 2.45) is 17.8 Å². The molecule has 2 nitrogen and oxygen atoms in total. The number of hydrogen-bond donors (Lipinski definition) is 1. The predicted molar refractivity (Wildman–Crippen MR) is 69.9 cm³/mol. The van der Waals surface area contributed by atoms with Gasteiger partial charge in [0, 0.05) is 7.11 Å². The van der Waals surface area contributed by atoms with Gasteiger partial charge in [-0.15, -0.1) is 0 Å². The summed E-state index contributed by atoms with van der Waals surface area (Å²) in [5, 5.41) is 11.1. The van der Waals surface area contributed by atoms with Gasteiger partial charge in [0.25, 0.3) is 0 Å². The SMILES string of the molecule is COC1CCCCC1(O)C1CC(C)CC(C)C1. The van der Waals surface area contributed by atoms with E-state index in [4.69, 9.17) is 4.74 Å². The van der Waals surface area contributed by atoms with Gasteiger partial charge < -0.3 is 9.84 Å². The predicted octanol–water partition coefficient (Wildman–Crippen LogP) is 3.38. The summed E-state index contributed by atoms with van der Waals surface area (Å²) < 4.78 is 5.58. The molecule has 2 saturated carbocycles. The van der Waals surface area contributed by atoms with Crippen molar-refractivity contribution in [2.75, 3.05) is 7.11 Å². The molecule has 0 amide bonds. The van der Waals surface area contributed by atoms with E-state index in [9.17, 15) is 5.11 Å². The van der Waals surface area contributed by atoms with Crippen LogP contribution in [-0.4, -0.2) is 23.9 Å². The fourth-order valence-electron chi connectivity index (χ4n) is 4.29. The van der Waals surface area contributed by atoms with Crippen LogP contribution in [0.25, 0.3) is 0 Å². The van der Waals surface area contributed by atoms with Crippen LogP contribution in [0.3, 0.4) is 0 Å². The lowest BCUT2D eigenvalue weighted by atomic mass is 9.64. The second kappa shape index (κ2) is 5.27. The van der Waals surface area contributed by atoms with Crippen molar-refractivity contribution in [1.29, 1.82) is 0 Å². The van der Waals surface area contributed by atoms with Crippen LogP contribution in [0.2, 0.25) is 0 Å². The molecule has 2 rings (SSSR count). The Morgan fingerprint density at radius 1 is 1.06 bits per heavy atom. The van der Waals surface area contributed by atoms with E-state index in [0.29, 0.717) is 5.92 Å². The van der Waals surface area contributed by atoms with Gasteiger partial charge in [0.1, 0.15) is 0 Å². The number of rotatable bonds is 2. The maximum Gasteiger partial charge on any atom is 0.0936 e. The zero-order valence-electron chi connectivity index (χ0n) is 11.6. The number of aliphatic hydroxyl groups is 1. The first-order chi connectivity index (χ1) is 8.06. The fourth-order valence-corrected chi connectivity index (χ4v) is 4.29. The standard InChI is InChI=1S/C15H28O2/c1-11-8-12(2)10-13(9-11)15(16)7-5-4-6-14(15)17-3/h11-14,16H,4-10H2,1-3H3. The van der Waals surface area contributed by atoms with Crippen LogP contribution in [0.15, 0.2) is 0 Å². The van der Waals surface area contributed by atoms with E-state index in [1.54, 1.807) is 7.11 Å². The van der Waals surface area contributed by atoms with Crippen molar-refractivity contribution < 1.29 is 9.84 Å². The zero-order chi connectivity index (χ0) is 12.5. The molecule has 0 radical (unpaired) electrons. The molecule has 17 heavy (non-hydrogen) atoms. The smallest absolute Gasteiger partial charge is 0.0936 e. The molecule has 4 atom stereocenters. The van der Waals surface area contributed by atoms with Crippen molar-refractivity contribution in [2.45, 2.75) is 70.5 Å². The average molecular weight is 240 g/mol. The summed E-state index contributed by atoms with van der Waals surface area (Å²) in [4.78, 5) is 0. The molecule has 100 valence electrons. The van der Waals surface area contributed by atoms with Crippen molar-refractivity contribution in [3.05, 3.63) is 0 Å². The van der Waals surface area contributed by atoms with Gasteiger partial charge >= 0.3 is 0 Å². The Bertz CT molecular complexity index is 243. The highest BCUT2D eigenvalue weighted by Crippen LogP contribution is 2.45.